The molecule has 0 saturated carbocycles. The Bertz CT molecular complexity index is 472. The van der Waals surface area contributed by atoms with Gasteiger partial charge in [0.25, 0.3) is 0 Å². The topological polar surface area (TPSA) is 30.9 Å². The summed E-state index contributed by atoms with van der Waals surface area (Å²) < 4.78 is 16.0. The average Bonchev–Trinajstić information content (AvgIpc) is 2.53. The van der Waals surface area contributed by atoms with Crippen molar-refractivity contribution < 1.29 is 14.2 Å². The first kappa shape index (κ1) is 15.8. The second kappa shape index (κ2) is 9.41. The zero-order chi connectivity index (χ0) is 14.8. The largest absolute Gasteiger partial charge is 0.494 e. The fourth-order valence-corrected chi connectivity index (χ4v) is 2.18. The number of ether oxygens (including phenoxy) is 3. The molecular weight excluding hydrogens is 266 g/mol. The maximum atomic E-state index is 5.79. The van der Waals surface area contributed by atoms with E-state index in [1.807, 2.05) is 24.3 Å². The zero-order valence-corrected chi connectivity index (χ0v) is 12.6. The summed E-state index contributed by atoms with van der Waals surface area (Å²) in [5.74, 6) is 6.87. The van der Waals surface area contributed by atoms with Gasteiger partial charge >= 0.3 is 0 Å². The summed E-state index contributed by atoms with van der Waals surface area (Å²) in [6, 6.07) is 7.88. The Morgan fingerprint density at radius 2 is 2.14 bits per heavy atom. The number of morpholine rings is 1. The lowest BCUT2D eigenvalue weighted by Gasteiger charge is -2.26. The third-order valence-corrected chi connectivity index (χ3v) is 3.27. The highest BCUT2D eigenvalue weighted by molar-refractivity contribution is 5.39. The molecule has 1 aromatic rings. The van der Waals surface area contributed by atoms with Crippen molar-refractivity contribution in [3.05, 3.63) is 29.8 Å². The monoisotopic (exact) mass is 289 g/mol. The molecule has 1 aliphatic rings. The summed E-state index contributed by atoms with van der Waals surface area (Å²) in [7, 11) is 1.64. The number of hydrogen-bond acceptors (Lipinski definition) is 4. The molecule has 1 aliphatic heterocycles. The second-order valence-corrected chi connectivity index (χ2v) is 4.92. The summed E-state index contributed by atoms with van der Waals surface area (Å²) in [5, 5.41) is 0. The molecule has 21 heavy (non-hydrogen) atoms. The van der Waals surface area contributed by atoms with E-state index >= 15 is 0 Å². The molecular formula is C17H23NO3. The lowest BCUT2D eigenvalue weighted by molar-refractivity contribution is 0.0358. The number of hydrogen-bond donors (Lipinski definition) is 0. The van der Waals surface area contributed by atoms with Gasteiger partial charge in [0.05, 0.1) is 19.8 Å². The van der Waals surface area contributed by atoms with E-state index in [9.17, 15) is 0 Å². The molecule has 1 fully saturated rings. The molecule has 1 heterocycles. The van der Waals surface area contributed by atoms with Gasteiger partial charge in [-0.15, -0.1) is 0 Å². The van der Waals surface area contributed by atoms with E-state index in [4.69, 9.17) is 14.2 Å². The van der Waals surface area contributed by atoms with Crippen LogP contribution < -0.4 is 4.74 Å². The van der Waals surface area contributed by atoms with Crippen LogP contribution in [0.2, 0.25) is 0 Å². The van der Waals surface area contributed by atoms with E-state index in [1.54, 1.807) is 7.11 Å². The maximum Gasteiger partial charge on any atom is 0.120 e. The van der Waals surface area contributed by atoms with Gasteiger partial charge in [-0.3, -0.25) is 4.90 Å². The highest BCUT2D eigenvalue weighted by atomic mass is 16.5. The second-order valence-electron chi connectivity index (χ2n) is 4.92. The molecule has 2 rings (SSSR count). The van der Waals surface area contributed by atoms with Crippen LogP contribution in [0, 0.1) is 11.8 Å². The number of nitrogens with zero attached hydrogens (tertiary/aromatic N) is 1. The van der Waals surface area contributed by atoms with Crippen molar-refractivity contribution in [1.29, 1.82) is 0 Å². The minimum Gasteiger partial charge on any atom is -0.494 e. The van der Waals surface area contributed by atoms with E-state index in [0.717, 1.165) is 57.2 Å². The summed E-state index contributed by atoms with van der Waals surface area (Å²) >= 11 is 0. The van der Waals surface area contributed by atoms with Crippen LogP contribution in [-0.2, 0) is 9.47 Å². The lowest BCUT2D eigenvalue weighted by atomic mass is 10.2. The third kappa shape index (κ3) is 6.17. The quantitative estimate of drug-likeness (QED) is 0.590. The van der Waals surface area contributed by atoms with Crippen molar-refractivity contribution >= 4 is 0 Å². The lowest BCUT2D eigenvalue weighted by Crippen LogP contribution is -2.37. The Morgan fingerprint density at radius 3 is 2.95 bits per heavy atom. The van der Waals surface area contributed by atoms with Crippen LogP contribution in [0.25, 0.3) is 0 Å². The minimum absolute atomic E-state index is 0.449. The van der Waals surface area contributed by atoms with Crippen LogP contribution in [0.1, 0.15) is 12.0 Å². The van der Waals surface area contributed by atoms with E-state index < -0.39 is 0 Å². The van der Waals surface area contributed by atoms with E-state index in [0.29, 0.717) is 6.61 Å². The van der Waals surface area contributed by atoms with Gasteiger partial charge in [0.15, 0.2) is 0 Å². The van der Waals surface area contributed by atoms with Crippen molar-refractivity contribution in [1.82, 2.24) is 4.90 Å². The number of benzene rings is 1. The van der Waals surface area contributed by atoms with Crippen LogP contribution in [0.5, 0.6) is 5.75 Å². The van der Waals surface area contributed by atoms with Crippen LogP contribution >= 0.6 is 0 Å². The molecule has 0 N–H and O–H groups in total. The molecule has 0 bridgehead atoms. The van der Waals surface area contributed by atoms with E-state index in [1.165, 1.54) is 0 Å². The zero-order valence-electron chi connectivity index (χ0n) is 12.6. The minimum atomic E-state index is 0.449. The van der Waals surface area contributed by atoms with Crippen LogP contribution in [0.4, 0.5) is 0 Å². The van der Waals surface area contributed by atoms with Gasteiger partial charge in [-0.2, -0.15) is 0 Å². The highest BCUT2D eigenvalue weighted by Crippen LogP contribution is 2.13. The van der Waals surface area contributed by atoms with E-state index in [-0.39, 0.29) is 0 Å². The van der Waals surface area contributed by atoms with Gasteiger partial charge in [-0.25, -0.2) is 0 Å². The van der Waals surface area contributed by atoms with Crippen LogP contribution in [0.15, 0.2) is 24.3 Å². The Balaban J connectivity index is 1.70. The Hall–Kier alpha value is -1.54. The summed E-state index contributed by atoms with van der Waals surface area (Å²) in [5.41, 5.74) is 0.956. The van der Waals surface area contributed by atoms with Crippen LogP contribution in [0.3, 0.4) is 0 Å². The smallest absolute Gasteiger partial charge is 0.120 e. The molecule has 0 atom stereocenters. The first-order valence-corrected chi connectivity index (χ1v) is 7.39. The van der Waals surface area contributed by atoms with Crippen molar-refractivity contribution in [2.45, 2.75) is 6.42 Å². The van der Waals surface area contributed by atoms with Crippen molar-refractivity contribution in [2.75, 3.05) is 53.2 Å². The molecule has 0 unspecified atom stereocenters. The third-order valence-electron chi connectivity index (χ3n) is 3.27. The first-order chi connectivity index (χ1) is 10.4. The summed E-state index contributed by atoms with van der Waals surface area (Å²) in [4.78, 5) is 2.42. The Labute approximate surface area is 127 Å². The predicted molar refractivity (Wildman–Crippen MR) is 82.6 cm³/mol. The number of rotatable bonds is 6. The van der Waals surface area contributed by atoms with Gasteiger partial charge in [0, 0.05) is 32.3 Å². The molecule has 0 spiro atoms. The molecule has 0 aliphatic carbocycles. The highest BCUT2D eigenvalue weighted by Gasteiger charge is 2.09. The molecule has 114 valence electrons. The molecule has 4 nitrogen and oxygen atoms in total. The molecule has 4 heteroatoms. The summed E-state index contributed by atoms with van der Waals surface area (Å²) in [6.07, 6.45) is 1.03. The van der Waals surface area contributed by atoms with Crippen molar-refractivity contribution in [3.8, 4) is 17.6 Å². The van der Waals surface area contributed by atoms with E-state index in [2.05, 4.69) is 16.7 Å². The van der Waals surface area contributed by atoms with Gasteiger partial charge < -0.3 is 14.2 Å². The standard InChI is InChI=1S/C17H23NO3/c1-19-11-3-6-16-5-2-7-17(15-16)21-12-4-8-18-9-13-20-14-10-18/h2,5,7,15H,4,8-14H2,1H3. The Morgan fingerprint density at radius 1 is 1.29 bits per heavy atom. The molecule has 1 aromatic carbocycles. The van der Waals surface area contributed by atoms with Crippen molar-refractivity contribution in [3.63, 3.8) is 0 Å². The maximum absolute atomic E-state index is 5.79. The molecule has 0 aromatic heterocycles. The molecule has 0 amide bonds. The molecule has 0 radical (unpaired) electrons. The number of methoxy groups -OCH3 is 1. The van der Waals surface area contributed by atoms with Crippen LogP contribution in [-0.4, -0.2) is 58.1 Å². The van der Waals surface area contributed by atoms with Gasteiger partial charge in [0.2, 0.25) is 0 Å². The Kier molecular flexibility index (Phi) is 7.10. The first-order valence-electron chi connectivity index (χ1n) is 7.39. The van der Waals surface area contributed by atoms with Gasteiger partial charge in [-0.05, 0) is 24.6 Å². The summed E-state index contributed by atoms with van der Waals surface area (Å²) in [6.45, 7) is 6.01. The van der Waals surface area contributed by atoms with Crippen molar-refractivity contribution in [2.24, 2.45) is 0 Å². The SMILES string of the molecule is COCC#Cc1cccc(OCCCN2CCOCC2)c1. The average molecular weight is 289 g/mol. The fraction of sp³-hybridized carbons (Fsp3) is 0.529. The predicted octanol–water partition coefficient (Wildman–Crippen LogP) is 1.79. The normalized spacial score (nSPS) is 15.3. The van der Waals surface area contributed by atoms with Gasteiger partial charge in [0.1, 0.15) is 12.4 Å². The fourth-order valence-electron chi connectivity index (χ4n) is 2.18. The van der Waals surface area contributed by atoms with Gasteiger partial charge in [-0.1, -0.05) is 17.9 Å². The molecule has 1 saturated heterocycles.